The smallest absolute Gasteiger partial charge is 0.318 e. The van der Waals surface area contributed by atoms with Gasteiger partial charge < -0.3 is 10.2 Å². The Kier molecular flexibility index (Phi) is 4.64. The summed E-state index contributed by atoms with van der Waals surface area (Å²) in [5.74, 6) is 0.741. The molecule has 1 fully saturated rings. The lowest BCUT2D eigenvalue weighted by molar-refractivity contribution is 0.191. The highest BCUT2D eigenvalue weighted by molar-refractivity contribution is 5.75. The first-order valence-electron chi connectivity index (χ1n) is 8.83. The molecule has 4 rings (SSSR count). The first-order chi connectivity index (χ1) is 12.8. The van der Waals surface area contributed by atoms with Crippen LogP contribution in [0, 0.1) is 0 Å². The highest BCUT2D eigenvalue weighted by Gasteiger charge is 2.32. The standard InChI is InChI=1S/C20H21N5O/c26-20(24(18-7-8-18)15-16-5-2-1-3-6-16)22-14-17-9-11-21-19(13-17)25-12-4-10-23-25/h1-6,9-13,18H,7-8,14-15H2,(H,22,26). The topological polar surface area (TPSA) is 63.1 Å². The number of carbonyl (C=O) groups is 1. The van der Waals surface area contributed by atoms with Crippen molar-refractivity contribution in [2.45, 2.75) is 32.0 Å². The predicted molar refractivity (Wildman–Crippen MR) is 98.6 cm³/mol. The van der Waals surface area contributed by atoms with E-state index in [4.69, 9.17) is 0 Å². The van der Waals surface area contributed by atoms with Crippen LogP contribution in [0.4, 0.5) is 4.79 Å². The Morgan fingerprint density at radius 2 is 1.96 bits per heavy atom. The van der Waals surface area contributed by atoms with Gasteiger partial charge in [-0.3, -0.25) is 0 Å². The van der Waals surface area contributed by atoms with Crippen molar-refractivity contribution in [3.63, 3.8) is 0 Å². The Morgan fingerprint density at radius 3 is 2.69 bits per heavy atom. The molecule has 1 aliphatic rings. The normalized spacial score (nSPS) is 13.4. The lowest BCUT2D eigenvalue weighted by Gasteiger charge is -2.23. The van der Waals surface area contributed by atoms with Crippen molar-refractivity contribution in [3.8, 4) is 5.82 Å². The van der Waals surface area contributed by atoms with Crippen molar-refractivity contribution < 1.29 is 4.79 Å². The van der Waals surface area contributed by atoms with Crippen LogP contribution >= 0.6 is 0 Å². The second-order valence-electron chi connectivity index (χ2n) is 6.48. The Balaban J connectivity index is 1.40. The summed E-state index contributed by atoms with van der Waals surface area (Å²) in [5.41, 5.74) is 2.15. The van der Waals surface area contributed by atoms with Crippen LogP contribution in [-0.4, -0.2) is 31.7 Å². The Bertz CT molecular complexity index is 859. The second kappa shape index (κ2) is 7.39. The molecule has 2 heterocycles. The molecule has 1 N–H and O–H groups in total. The van der Waals surface area contributed by atoms with Gasteiger partial charge >= 0.3 is 6.03 Å². The molecule has 1 saturated carbocycles. The number of hydrogen-bond acceptors (Lipinski definition) is 3. The van der Waals surface area contributed by atoms with Gasteiger partial charge in [0.15, 0.2) is 5.82 Å². The van der Waals surface area contributed by atoms with E-state index >= 15 is 0 Å². The van der Waals surface area contributed by atoms with Gasteiger partial charge in [-0.15, -0.1) is 0 Å². The molecule has 0 aliphatic heterocycles. The van der Waals surface area contributed by atoms with Crippen LogP contribution in [0.15, 0.2) is 67.1 Å². The summed E-state index contributed by atoms with van der Waals surface area (Å²) in [6.07, 6.45) is 7.46. The molecule has 132 valence electrons. The van der Waals surface area contributed by atoms with E-state index in [1.165, 1.54) is 0 Å². The predicted octanol–water partition coefficient (Wildman–Crippen LogP) is 3.14. The summed E-state index contributed by atoms with van der Waals surface area (Å²) in [5, 5.41) is 7.23. The average Bonchev–Trinajstić information content (AvgIpc) is 3.38. The van der Waals surface area contributed by atoms with Crippen LogP contribution < -0.4 is 5.32 Å². The number of nitrogens with one attached hydrogen (secondary N) is 1. The van der Waals surface area contributed by atoms with Crippen LogP contribution in [0.2, 0.25) is 0 Å². The maximum atomic E-state index is 12.7. The van der Waals surface area contributed by atoms with Crippen molar-refractivity contribution >= 4 is 6.03 Å². The molecule has 0 bridgehead atoms. The monoisotopic (exact) mass is 347 g/mol. The third-order valence-corrected chi connectivity index (χ3v) is 4.44. The Morgan fingerprint density at radius 1 is 1.12 bits per heavy atom. The summed E-state index contributed by atoms with van der Waals surface area (Å²) in [7, 11) is 0. The Hall–Kier alpha value is -3.15. The quantitative estimate of drug-likeness (QED) is 0.745. The van der Waals surface area contributed by atoms with Crippen molar-refractivity contribution in [3.05, 3.63) is 78.2 Å². The molecule has 0 unspecified atom stereocenters. The summed E-state index contributed by atoms with van der Waals surface area (Å²) >= 11 is 0. The van der Waals surface area contributed by atoms with Crippen molar-refractivity contribution in [1.29, 1.82) is 0 Å². The number of amides is 2. The maximum absolute atomic E-state index is 12.7. The zero-order valence-electron chi connectivity index (χ0n) is 14.5. The minimum Gasteiger partial charge on any atom is -0.334 e. The van der Waals surface area contributed by atoms with E-state index in [1.807, 2.05) is 47.5 Å². The molecule has 0 spiro atoms. The molecule has 26 heavy (non-hydrogen) atoms. The lowest BCUT2D eigenvalue weighted by Crippen LogP contribution is -2.40. The van der Waals surface area contributed by atoms with Crippen LogP contribution in [0.5, 0.6) is 0 Å². The summed E-state index contributed by atoms with van der Waals surface area (Å²) in [4.78, 5) is 18.9. The van der Waals surface area contributed by atoms with Crippen LogP contribution in [0.3, 0.4) is 0 Å². The minimum atomic E-state index is -0.0196. The van der Waals surface area contributed by atoms with Gasteiger partial charge in [0.05, 0.1) is 0 Å². The fourth-order valence-electron chi connectivity index (χ4n) is 2.91. The molecule has 0 atom stereocenters. The molecule has 0 radical (unpaired) electrons. The van der Waals surface area contributed by atoms with E-state index in [0.29, 0.717) is 19.1 Å². The summed E-state index contributed by atoms with van der Waals surface area (Å²) in [6.45, 7) is 1.11. The molecule has 1 aromatic carbocycles. The number of carbonyl (C=O) groups excluding carboxylic acids is 1. The average molecular weight is 347 g/mol. The van der Waals surface area contributed by atoms with E-state index in [2.05, 4.69) is 27.5 Å². The fraction of sp³-hybridized carbons (Fsp3) is 0.250. The molecule has 1 aliphatic carbocycles. The van der Waals surface area contributed by atoms with Gasteiger partial charge in [0, 0.05) is 37.7 Å². The van der Waals surface area contributed by atoms with E-state index in [9.17, 15) is 4.79 Å². The SMILES string of the molecule is O=C(NCc1ccnc(-n2cccn2)c1)N(Cc1ccccc1)C1CC1. The number of benzene rings is 1. The third kappa shape index (κ3) is 3.91. The summed E-state index contributed by atoms with van der Waals surface area (Å²) in [6, 6.07) is 16.2. The molecule has 2 amide bonds. The molecular formula is C20H21N5O. The fourth-order valence-corrected chi connectivity index (χ4v) is 2.91. The molecule has 6 nitrogen and oxygen atoms in total. The Labute approximate surface area is 152 Å². The van der Waals surface area contributed by atoms with Gasteiger partial charge in [-0.25, -0.2) is 14.5 Å². The highest BCUT2D eigenvalue weighted by atomic mass is 16.2. The van der Waals surface area contributed by atoms with E-state index in [0.717, 1.165) is 29.8 Å². The van der Waals surface area contributed by atoms with E-state index < -0.39 is 0 Å². The number of hydrogen-bond donors (Lipinski definition) is 1. The molecule has 6 heteroatoms. The number of aromatic nitrogens is 3. The van der Waals surface area contributed by atoms with Crippen LogP contribution in [0.1, 0.15) is 24.0 Å². The maximum Gasteiger partial charge on any atom is 0.318 e. The number of rotatable bonds is 6. The number of pyridine rings is 1. The van der Waals surface area contributed by atoms with Gasteiger partial charge in [-0.05, 0) is 42.2 Å². The van der Waals surface area contributed by atoms with Crippen molar-refractivity contribution in [2.24, 2.45) is 0 Å². The molecule has 0 saturated heterocycles. The largest absolute Gasteiger partial charge is 0.334 e. The van der Waals surface area contributed by atoms with E-state index in [-0.39, 0.29) is 6.03 Å². The second-order valence-corrected chi connectivity index (χ2v) is 6.48. The lowest BCUT2D eigenvalue weighted by atomic mass is 10.2. The van der Waals surface area contributed by atoms with Gasteiger partial charge in [0.1, 0.15) is 0 Å². The third-order valence-electron chi connectivity index (χ3n) is 4.44. The molecule has 2 aromatic heterocycles. The van der Waals surface area contributed by atoms with E-state index in [1.54, 1.807) is 17.1 Å². The first kappa shape index (κ1) is 16.3. The van der Waals surface area contributed by atoms with Crippen LogP contribution in [-0.2, 0) is 13.1 Å². The van der Waals surface area contributed by atoms with Gasteiger partial charge in [-0.1, -0.05) is 30.3 Å². The zero-order chi connectivity index (χ0) is 17.8. The highest BCUT2D eigenvalue weighted by Crippen LogP contribution is 2.28. The van der Waals surface area contributed by atoms with Crippen molar-refractivity contribution in [1.82, 2.24) is 25.0 Å². The summed E-state index contributed by atoms with van der Waals surface area (Å²) < 4.78 is 1.71. The molecular weight excluding hydrogens is 326 g/mol. The van der Waals surface area contributed by atoms with Gasteiger partial charge in [0.2, 0.25) is 0 Å². The molecule has 3 aromatic rings. The number of nitrogens with zero attached hydrogens (tertiary/aromatic N) is 4. The van der Waals surface area contributed by atoms with Gasteiger partial charge in [0.25, 0.3) is 0 Å². The van der Waals surface area contributed by atoms with Crippen LogP contribution in [0.25, 0.3) is 5.82 Å². The zero-order valence-corrected chi connectivity index (χ0v) is 14.5. The minimum absolute atomic E-state index is 0.0196. The first-order valence-corrected chi connectivity index (χ1v) is 8.83. The van der Waals surface area contributed by atoms with Crippen molar-refractivity contribution in [2.75, 3.05) is 0 Å². The number of urea groups is 1. The van der Waals surface area contributed by atoms with Gasteiger partial charge in [-0.2, -0.15) is 5.10 Å².